The maximum atomic E-state index is 4.54. The van der Waals surface area contributed by atoms with Gasteiger partial charge in [-0.1, -0.05) is 78.9 Å². The molecular weight excluding hydrogens is 304 g/mol. The van der Waals surface area contributed by atoms with Gasteiger partial charge in [-0.15, -0.1) is 0 Å². The predicted molar refractivity (Wildman–Crippen MR) is 103 cm³/mol. The molecule has 0 bridgehead atoms. The van der Waals surface area contributed by atoms with Crippen LogP contribution in [0.4, 0.5) is 0 Å². The van der Waals surface area contributed by atoms with E-state index < -0.39 is 0 Å². The molecule has 2 nitrogen and oxygen atoms in total. The van der Waals surface area contributed by atoms with E-state index in [1.807, 2.05) is 30.5 Å². The molecule has 120 valence electrons. The molecule has 3 aromatic carbocycles. The Bertz CT molecular complexity index is 993. The fourth-order valence-corrected chi connectivity index (χ4v) is 3.13. The zero-order chi connectivity index (χ0) is 17.1. The molecule has 4 rings (SSSR count). The quantitative estimate of drug-likeness (QED) is 0.477. The first-order chi connectivity index (χ1) is 12.3. The molecule has 2 heteroatoms. The SMILES string of the molecule is Cc1cc(-c2ccccc2)ccc1-c1cncnc1-c1ccccc1. The topological polar surface area (TPSA) is 25.8 Å². The van der Waals surface area contributed by atoms with Crippen molar-refractivity contribution < 1.29 is 0 Å². The normalized spacial score (nSPS) is 10.6. The van der Waals surface area contributed by atoms with Crippen LogP contribution in [0.3, 0.4) is 0 Å². The molecule has 0 saturated heterocycles. The number of hydrogen-bond donors (Lipinski definition) is 0. The van der Waals surface area contributed by atoms with Gasteiger partial charge in [0, 0.05) is 17.3 Å². The highest BCUT2D eigenvalue weighted by Gasteiger charge is 2.11. The van der Waals surface area contributed by atoms with Crippen LogP contribution in [0.2, 0.25) is 0 Å². The summed E-state index contributed by atoms with van der Waals surface area (Å²) >= 11 is 0. The van der Waals surface area contributed by atoms with E-state index in [9.17, 15) is 0 Å². The van der Waals surface area contributed by atoms with Crippen molar-refractivity contribution in [3.63, 3.8) is 0 Å². The van der Waals surface area contributed by atoms with Gasteiger partial charge in [-0.25, -0.2) is 9.97 Å². The summed E-state index contributed by atoms with van der Waals surface area (Å²) in [4.78, 5) is 8.79. The number of rotatable bonds is 3. The van der Waals surface area contributed by atoms with E-state index in [0.29, 0.717) is 0 Å². The molecule has 1 heterocycles. The van der Waals surface area contributed by atoms with Gasteiger partial charge in [-0.3, -0.25) is 0 Å². The Morgan fingerprint density at radius 1 is 0.640 bits per heavy atom. The van der Waals surface area contributed by atoms with E-state index in [1.54, 1.807) is 6.33 Å². The molecular formula is C23H18N2. The summed E-state index contributed by atoms with van der Waals surface area (Å²) in [6.07, 6.45) is 3.51. The molecule has 25 heavy (non-hydrogen) atoms. The van der Waals surface area contributed by atoms with Gasteiger partial charge in [-0.2, -0.15) is 0 Å². The summed E-state index contributed by atoms with van der Waals surface area (Å²) in [6.45, 7) is 2.14. The first kappa shape index (κ1) is 15.3. The van der Waals surface area contributed by atoms with E-state index >= 15 is 0 Å². The van der Waals surface area contributed by atoms with Crippen molar-refractivity contribution in [1.82, 2.24) is 9.97 Å². The molecule has 0 N–H and O–H groups in total. The summed E-state index contributed by atoms with van der Waals surface area (Å²) in [7, 11) is 0. The number of hydrogen-bond acceptors (Lipinski definition) is 2. The average Bonchev–Trinajstić information content (AvgIpc) is 2.69. The van der Waals surface area contributed by atoms with Crippen LogP contribution in [0, 0.1) is 6.92 Å². The van der Waals surface area contributed by atoms with Crippen LogP contribution in [0.25, 0.3) is 33.5 Å². The van der Waals surface area contributed by atoms with Gasteiger partial charge in [0.2, 0.25) is 0 Å². The minimum Gasteiger partial charge on any atom is -0.244 e. The molecule has 0 atom stereocenters. The second kappa shape index (κ2) is 6.70. The van der Waals surface area contributed by atoms with Crippen molar-refractivity contribution in [2.24, 2.45) is 0 Å². The summed E-state index contributed by atoms with van der Waals surface area (Å²) in [5, 5.41) is 0. The monoisotopic (exact) mass is 322 g/mol. The standard InChI is InChI=1S/C23H18N2/c1-17-14-20(18-8-4-2-5-9-18)12-13-21(17)22-15-24-16-25-23(22)19-10-6-3-7-11-19/h2-16H,1H3. The highest BCUT2D eigenvalue weighted by molar-refractivity contribution is 5.83. The van der Waals surface area contributed by atoms with Crippen molar-refractivity contribution in [2.45, 2.75) is 6.92 Å². The van der Waals surface area contributed by atoms with Crippen LogP contribution in [-0.4, -0.2) is 9.97 Å². The highest BCUT2D eigenvalue weighted by atomic mass is 14.8. The Morgan fingerprint density at radius 3 is 2.00 bits per heavy atom. The van der Waals surface area contributed by atoms with Crippen molar-refractivity contribution in [3.05, 3.63) is 97.0 Å². The fourth-order valence-electron chi connectivity index (χ4n) is 3.13. The van der Waals surface area contributed by atoms with Crippen molar-refractivity contribution in [3.8, 4) is 33.5 Å². The lowest BCUT2D eigenvalue weighted by Gasteiger charge is -2.12. The van der Waals surface area contributed by atoms with Crippen LogP contribution in [0.15, 0.2) is 91.4 Å². The molecule has 0 amide bonds. The Kier molecular flexibility index (Phi) is 4.09. The van der Waals surface area contributed by atoms with Crippen molar-refractivity contribution in [1.29, 1.82) is 0 Å². The second-order valence-electron chi connectivity index (χ2n) is 6.05. The van der Waals surface area contributed by atoms with Gasteiger partial charge < -0.3 is 0 Å². The third-order valence-electron chi connectivity index (χ3n) is 4.38. The first-order valence-corrected chi connectivity index (χ1v) is 8.35. The maximum absolute atomic E-state index is 4.54. The number of benzene rings is 3. The maximum Gasteiger partial charge on any atom is 0.116 e. The molecule has 0 radical (unpaired) electrons. The molecule has 0 aliphatic rings. The lowest BCUT2D eigenvalue weighted by Crippen LogP contribution is -1.93. The van der Waals surface area contributed by atoms with E-state index in [-0.39, 0.29) is 0 Å². The van der Waals surface area contributed by atoms with Crippen LogP contribution in [0.5, 0.6) is 0 Å². The van der Waals surface area contributed by atoms with Crippen LogP contribution in [-0.2, 0) is 0 Å². The summed E-state index contributed by atoms with van der Waals surface area (Å²) in [6, 6.07) is 27.3. The van der Waals surface area contributed by atoms with Gasteiger partial charge in [0.15, 0.2) is 0 Å². The zero-order valence-corrected chi connectivity index (χ0v) is 14.1. The van der Waals surface area contributed by atoms with Gasteiger partial charge in [-0.05, 0) is 29.2 Å². The van der Waals surface area contributed by atoms with Crippen LogP contribution in [0.1, 0.15) is 5.56 Å². The van der Waals surface area contributed by atoms with Crippen LogP contribution >= 0.6 is 0 Å². The summed E-state index contributed by atoms with van der Waals surface area (Å²) in [5.74, 6) is 0. The second-order valence-corrected chi connectivity index (χ2v) is 6.05. The third kappa shape index (κ3) is 3.07. The molecule has 0 aliphatic heterocycles. The minimum atomic E-state index is 0.964. The largest absolute Gasteiger partial charge is 0.244 e. The van der Waals surface area contributed by atoms with Crippen molar-refractivity contribution in [2.75, 3.05) is 0 Å². The first-order valence-electron chi connectivity index (χ1n) is 8.35. The Morgan fingerprint density at radius 2 is 1.32 bits per heavy atom. The Hall–Kier alpha value is -3.26. The van der Waals surface area contributed by atoms with E-state index in [1.165, 1.54) is 22.3 Å². The Balaban J connectivity index is 1.82. The third-order valence-corrected chi connectivity index (χ3v) is 4.38. The lowest BCUT2D eigenvalue weighted by molar-refractivity contribution is 1.17. The predicted octanol–water partition coefficient (Wildman–Crippen LogP) is 5.79. The molecule has 0 fully saturated rings. The fraction of sp³-hybridized carbons (Fsp3) is 0.0435. The summed E-state index contributed by atoms with van der Waals surface area (Å²) in [5.41, 5.74) is 7.96. The summed E-state index contributed by atoms with van der Waals surface area (Å²) < 4.78 is 0. The molecule has 1 aromatic heterocycles. The Labute approximate surface area is 147 Å². The van der Waals surface area contributed by atoms with Gasteiger partial charge in [0.1, 0.15) is 6.33 Å². The van der Waals surface area contributed by atoms with Gasteiger partial charge in [0.25, 0.3) is 0 Å². The van der Waals surface area contributed by atoms with Crippen LogP contribution < -0.4 is 0 Å². The molecule has 4 aromatic rings. The average molecular weight is 322 g/mol. The van der Waals surface area contributed by atoms with E-state index in [2.05, 4.69) is 71.5 Å². The molecule has 0 spiro atoms. The lowest BCUT2D eigenvalue weighted by atomic mass is 9.94. The van der Waals surface area contributed by atoms with Crippen molar-refractivity contribution >= 4 is 0 Å². The van der Waals surface area contributed by atoms with Gasteiger partial charge in [0.05, 0.1) is 5.69 Å². The number of nitrogens with zero attached hydrogens (tertiary/aromatic N) is 2. The minimum absolute atomic E-state index is 0.964. The van der Waals surface area contributed by atoms with Gasteiger partial charge >= 0.3 is 0 Å². The highest BCUT2D eigenvalue weighted by Crippen LogP contribution is 2.33. The number of aryl methyl sites for hydroxylation is 1. The van der Waals surface area contributed by atoms with E-state index in [0.717, 1.165) is 16.8 Å². The molecule has 0 saturated carbocycles. The van der Waals surface area contributed by atoms with E-state index in [4.69, 9.17) is 0 Å². The molecule has 0 aliphatic carbocycles. The number of aromatic nitrogens is 2. The molecule has 0 unspecified atom stereocenters. The zero-order valence-electron chi connectivity index (χ0n) is 14.1. The smallest absolute Gasteiger partial charge is 0.116 e.